The van der Waals surface area contributed by atoms with Crippen LogP contribution in [0.1, 0.15) is 29.1 Å². The second-order valence-corrected chi connectivity index (χ2v) is 5.39. The van der Waals surface area contributed by atoms with Crippen molar-refractivity contribution in [2.45, 2.75) is 38.8 Å². The van der Waals surface area contributed by atoms with E-state index in [0.29, 0.717) is 6.54 Å². The van der Waals surface area contributed by atoms with Crippen LogP contribution in [0.25, 0.3) is 0 Å². The smallest absolute Gasteiger partial charge is 0.237 e. The molecule has 0 saturated carbocycles. The Labute approximate surface area is 124 Å². The molecular formula is C11H19Cl2N3OS. The van der Waals surface area contributed by atoms with Gasteiger partial charge in [0.1, 0.15) is 0 Å². The Morgan fingerprint density at radius 1 is 1.56 bits per heavy atom. The molecule has 0 aliphatic carbocycles. The third kappa shape index (κ3) is 5.10. The zero-order chi connectivity index (χ0) is 11.4. The summed E-state index contributed by atoms with van der Waals surface area (Å²) in [7, 11) is 0. The maximum Gasteiger partial charge on any atom is 0.237 e. The van der Waals surface area contributed by atoms with Crippen molar-refractivity contribution >= 4 is 42.1 Å². The number of hydrogen-bond acceptors (Lipinski definition) is 4. The van der Waals surface area contributed by atoms with Gasteiger partial charge in [0.05, 0.1) is 17.6 Å². The zero-order valence-electron chi connectivity index (χ0n) is 10.3. The molecule has 2 N–H and O–H groups in total. The van der Waals surface area contributed by atoms with Crippen LogP contribution >= 0.6 is 36.2 Å². The molecule has 7 heteroatoms. The largest absolute Gasteiger partial charge is 0.350 e. The van der Waals surface area contributed by atoms with Crippen molar-refractivity contribution in [1.82, 2.24) is 15.6 Å². The quantitative estimate of drug-likeness (QED) is 0.898. The standard InChI is InChI=1S/C11H17N3OS.2ClH/c1-8-13-6-9(16-8)7-14-11(15)10-4-2-3-5-12-10;;/h6,10,12H,2-5,7H2,1H3,(H,14,15);2*1H. The summed E-state index contributed by atoms with van der Waals surface area (Å²) in [5.41, 5.74) is 0. The van der Waals surface area contributed by atoms with Gasteiger partial charge in [-0.15, -0.1) is 36.2 Å². The number of nitrogens with zero attached hydrogens (tertiary/aromatic N) is 1. The van der Waals surface area contributed by atoms with Crippen molar-refractivity contribution in [3.63, 3.8) is 0 Å². The fourth-order valence-electron chi connectivity index (χ4n) is 1.86. The molecule has 0 bridgehead atoms. The Balaban J connectivity index is 0.00000144. The number of amides is 1. The van der Waals surface area contributed by atoms with Crippen molar-refractivity contribution < 1.29 is 4.79 Å². The summed E-state index contributed by atoms with van der Waals surface area (Å²) >= 11 is 1.63. The number of halogens is 2. The van der Waals surface area contributed by atoms with Crippen molar-refractivity contribution in [2.24, 2.45) is 0 Å². The molecule has 1 saturated heterocycles. The van der Waals surface area contributed by atoms with E-state index in [1.807, 2.05) is 13.1 Å². The highest BCUT2D eigenvalue weighted by molar-refractivity contribution is 7.11. The third-order valence-corrected chi connectivity index (χ3v) is 3.65. The van der Waals surface area contributed by atoms with E-state index in [1.54, 1.807) is 11.3 Å². The molecule has 1 unspecified atom stereocenters. The van der Waals surface area contributed by atoms with Gasteiger partial charge >= 0.3 is 0 Å². The monoisotopic (exact) mass is 311 g/mol. The molecule has 104 valence electrons. The second-order valence-electron chi connectivity index (χ2n) is 4.07. The molecule has 0 radical (unpaired) electrons. The van der Waals surface area contributed by atoms with Crippen LogP contribution in [0, 0.1) is 6.92 Å². The van der Waals surface area contributed by atoms with Gasteiger partial charge in [-0.05, 0) is 26.3 Å². The van der Waals surface area contributed by atoms with E-state index in [0.717, 1.165) is 29.3 Å². The van der Waals surface area contributed by atoms with Crippen LogP contribution < -0.4 is 10.6 Å². The minimum absolute atomic E-state index is 0. The first-order valence-electron chi connectivity index (χ1n) is 5.68. The first kappa shape index (κ1) is 17.6. The molecule has 18 heavy (non-hydrogen) atoms. The minimum atomic E-state index is 0. The van der Waals surface area contributed by atoms with Crippen LogP contribution in [-0.4, -0.2) is 23.5 Å². The summed E-state index contributed by atoms with van der Waals surface area (Å²) < 4.78 is 0. The zero-order valence-corrected chi connectivity index (χ0v) is 12.7. The predicted octanol–water partition coefficient (Wildman–Crippen LogP) is 2.05. The number of rotatable bonds is 3. The van der Waals surface area contributed by atoms with Gasteiger partial charge in [0.25, 0.3) is 0 Å². The van der Waals surface area contributed by atoms with E-state index >= 15 is 0 Å². The highest BCUT2D eigenvalue weighted by atomic mass is 35.5. The lowest BCUT2D eigenvalue weighted by molar-refractivity contribution is -0.123. The molecule has 2 heterocycles. The van der Waals surface area contributed by atoms with Gasteiger partial charge in [-0.1, -0.05) is 6.42 Å². The molecule has 4 nitrogen and oxygen atoms in total. The second kappa shape index (κ2) is 8.69. The number of piperidine rings is 1. The van der Waals surface area contributed by atoms with Gasteiger partial charge in [-0.3, -0.25) is 4.79 Å². The van der Waals surface area contributed by atoms with Gasteiger partial charge in [-0.25, -0.2) is 4.98 Å². The van der Waals surface area contributed by atoms with E-state index < -0.39 is 0 Å². The molecule has 1 fully saturated rings. The number of thiazole rings is 1. The number of aromatic nitrogens is 1. The maximum absolute atomic E-state index is 11.8. The van der Waals surface area contributed by atoms with Gasteiger partial charge in [0, 0.05) is 11.1 Å². The first-order valence-corrected chi connectivity index (χ1v) is 6.50. The Bertz CT molecular complexity index is 367. The van der Waals surface area contributed by atoms with E-state index in [2.05, 4.69) is 15.6 Å². The van der Waals surface area contributed by atoms with E-state index in [1.165, 1.54) is 6.42 Å². The minimum Gasteiger partial charge on any atom is -0.350 e. The van der Waals surface area contributed by atoms with Gasteiger partial charge < -0.3 is 10.6 Å². The summed E-state index contributed by atoms with van der Waals surface area (Å²) in [6.07, 6.45) is 5.10. The Kier molecular flexibility index (Phi) is 8.52. The van der Waals surface area contributed by atoms with E-state index in [4.69, 9.17) is 0 Å². The third-order valence-electron chi connectivity index (χ3n) is 2.73. The molecular weight excluding hydrogens is 293 g/mol. The predicted molar refractivity (Wildman–Crippen MR) is 78.8 cm³/mol. The molecule has 1 amide bonds. The highest BCUT2D eigenvalue weighted by Crippen LogP contribution is 2.11. The normalized spacial score (nSPS) is 18.4. The fourth-order valence-corrected chi connectivity index (χ4v) is 2.59. The van der Waals surface area contributed by atoms with E-state index in [-0.39, 0.29) is 36.8 Å². The lowest BCUT2D eigenvalue weighted by Crippen LogP contribution is -2.46. The Morgan fingerprint density at radius 3 is 2.89 bits per heavy atom. The molecule has 1 aromatic heterocycles. The lowest BCUT2D eigenvalue weighted by Gasteiger charge is -2.22. The van der Waals surface area contributed by atoms with Gasteiger partial charge in [0.2, 0.25) is 5.91 Å². The summed E-state index contributed by atoms with van der Waals surface area (Å²) in [6, 6.07) is 0.00256. The Morgan fingerprint density at radius 2 is 2.33 bits per heavy atom. The average Bonchev–Trinajstić information content (AvgIpc) is 2.73. The fraction of sp³-hybridized carbons (Fsp3) is 0.636. The topological polar surface area (TPSA) is 54.0 Å². The molecule has 1 atom stereocenters. The summed E-state index contributed by atoms with van der Waals surface area (Å²) in [6.45, 7) is 3.53. The average molecular weight is 312 g/mol. The number of carbonyl (C=O) groups excluding carboxylic acids is 1. The molecule has 1 aliphatic heterocycles. The number of nitrogens with one attached hydrogen (secondary N) is 2. The molecule has 1 aliphatic rings. The van der Waals surface area contributed by atoms with Crippen LogP contribution in [0.15, 0.2) is 6.20 Å². The molecule has 2 rings (SSSR count). The summed E-state index contributed by atoms with van der Waals surface area (Å²) in [4.78, 5) is 17.1. The molecule has 0 aromatic carbocycles. The van der Waals surface area contributed by atoms with Gasteiger partial charge in [0.15, 0.2) is 0 Å². The molecule has 0 spiro atoms. The van der Waals surface area contributed by atoms with Crippen molar-refractivity contribution in [3.8, 4) is 0 Å². The lowest BCUT2D eigenvalue weighted by atomic mass is 10.0. The van der Waals surface area contributed by atoms with E-state index in [9.17, 15) is 4.79 Å². The van der Waals surface area contributed by atoms with Crippen LogP contribution in [0.2, 0.25) is 0 Å². The van der Waals surface area contributed by atoms with Crippen LogP contribution in [0.4, 0.5) is 0 Å². The summed E-state index contributed by atoms with van der Waals surface area (Å²) in [5.74, 6) is 0.116. The Hall–Kier alpha value is -0.360. The number of hydrogen-bond donors (Lipinski definition) is 2. The maximum atomic E-state index is 11.8. The highest BCUT2D eigenvalue weighted by Gasteiger charge is 2.19. The van der Waals surface area contributed by atoms with Crippen molar-refractivity contribution in [1.29, 1.82) is 0 Å². The summed E-state index contributed by atoms with van der Waals surface area (Å²) in [5, 5.41) is 7.23. The van der Waals surface area contributed by atoms with Crippen LogP contribution in [-0.2, 0) is 11.3 Å². The SMILES string of the molecule is Cc1ncc(CNC(=O)C2CCCCN2)s1.Cl.Cl. The number of aryl methyl sites for hydroxylation is 1. The number of carbonyl (C=O) groups is 1. The molecule has 1 aromatic rings. The van der Waals surface area contributed by atoms with Crippen molar-refractivity contribution in [2.75, 3.05) is 6.54 Å². The first-order chi connectivity index (χ1) is 7.75. The van der Waals surface area contributed by atoms with Crippen molar-refractivity contribution in [3.05, 3.63) is 16.1 Å². The van der Waals surface area contributed by atoms with Crippen LogP contribution in [0.3, 0.4) is 0 Å². The van der Waals surface area contributed by atoms with Gasteiger partial charge in [-0.2, -0.15) is 0 Å². The van der Waals surface area contributed by atoms with Crippen LogP contribution in [0.5, 0.6) is 0 Å².